The Morgan fingerprint density at radius 3 is 2.52 bits per heavy atom. The van der Waals surface area contributed by atoms with Crippen LogP contribution >= 0.6 is 24.0 Å². The summed E-state index contributed by atoms with van der Waals surface area (Å²) in [5.74, 6) is 2.35. The Kier molecular flexibility index (Phi) is 9.40. The van der Waals surface area contributed by atoms with Crippen LogP contribution in [0.5, 0.6) is 11.5 Å². The summed E-state index contributed by atoms with van der Waals surface area (Å²) in [4.78, 5) is 16.0. The van der Waals surface area contributed by atoms with Crippen molar-refractivity contribution < 1.29 is 14.3 Å². The van der Waals surface area contributed by atoms with Crippen LogP contribution in [0, 0.1) is 5.92 Å². The van der Waals surface area contributed by atoms with Crippen molar-refractivity contribution in [3.8, 4) is 11.5 Å². The number of nitrogens with zero attached hydrogens (tertiary/aromatic N) is 1. The second kappa shape index (κ2) is 11.0. The Balaban J connectivity index is 0.00000312. The van der Waals surface area contributed by atoms with Crippen LogP contribution in [0.2, 0.25) is 0 Å². The molecule has 0 unspecified atom stereocenters. The van der Waals surface area contributed by atoms with E-state index >= 15 is 0 Å². The van der Waals surface area contributed by atoms with Gasteiger partial charge in [0.25, 0.3) is 0 Å². The SMILES string of the molecule is CCNC(=NCCNC(=O)C1CC1)Nc1ccc(OC)c(OC)c1.I. The molecular weight excluding hydrogens is 435 g/mol. The number of halogens is 1. The molecular formula is C17H27IN4O3. The maximum Gasteiger partial charge on any atom is 0.223 e. The Bertz CT molecular complexity index is 591. The lowest BCUT2D eigenvalue weighted by atomic mass is 10.3. The number of benzene rings is 1. The summed E-state index contributed by atoms with van der Waals surface area (Å²) in [5.41, 5.74) is 0.842. The van der Waals surface area contributed by atoms with E-state index in [1.807, 2.05) is 25.1 Å². The minimum Gasteiger partial charge on any atom is -0.493 e. The van der Waals surface area contributed by atoms with E-state index in [1.165, 1.54) is 0 Å². The van der Waals surface area contributed by atoms with Crippen molar-refractivity contribution in [1.82, 2.24) is 10.6 Å². The molecule has 1 amide bonds. The fraction of sp³-hybridized carbons (Fsp3) is 0.529. The zero-order valence-electron chi connectivity index (χ0n) is 14.9. The third-order valence-electron chi connectivity index (χ3n) is 3.62. The van der Waals surface area contributed by atoms with Crippen LogP contribution < -0.4 is 25.4 Å². The van der Waals surface area contributed by atoms with Gasteiger partial charge in [-0.1, -0.05) is 0 Å². The van der Waals surface area contributed by atoms with Gasteiger partial charge in [-0.2, -0.15) is 0 Å². The fourth-order valence-electron chi connectivity index (χ4n) is 2.19. The number of carbonyl (C=O) groups is 1. The summed E-state index contributed by atoms with van der Waals surface area (Å²) in [6.45, 7) is 3.80. The normalized spacial score (nSPS) is 13.5. The highest BCUT2D eigenvalue weighted by Gasteiger charge is 2.28. The molecule has 1 fully saturated rings. The number of ether oxygens (including phenoxy) is 2. The number of aliphatic imine (C=N–C) groups is 1. The lowest BCUT2D eigenvalue weighted by Crippen LogP contribution is -2.32. The van der Waals surface area contributed by atoms with Gasteiger partial charge in [0.1, 0.15) is 0 Å². The first kappa shape index (κ1) is 21.3. The van der Waals surface area contributed by atoms with Gasteiger partial charge in [0, 0.05) is 30.8 Å². The molecule has 0 aromatic heterocycles. The Labute approximate surface area is 166 Å². The number of hydrogen-bond acceptors (Lipinski definition) is 4. The van der Waals surface area contributed by atoms with Gasteiger partial charge in [-0.3, -0.25) is 9.79 Å². The van der Waals surface area contributed by atoms with E-state index in [-0.39, 0.29) is 35.8 Å². The van der Waals surface area contributed by atoms with Gasteiger partial charge in [0.2, 0.25) is 5.91 Å². The topological polar surface area (TPSA) is 84.0 Å². The van der Waals surface area contributed by atoms with Crippen molar-refractivity contribution in [3.05, 3.63) is 18.2 Å². The summed E-state index contributed by atoms with van der Waals surface area (Å²) in [7, 11) is 3.20. The lowest BCUT2D eigenvalue weighted by molar-refractivity contribution is -0.122. The first-order valence-electron chi connectivity index (χ1n) is 8.23. The summed E-state index contributed by atoms with van der Waals surface area (Å²) in [6, 6.07) is 5.57. The van der Waals surface area contributed by atoms with E-state index in [1.54, 1.807) is 14.2 Å². The van der Waals surface area contributed by atoms with Crippen molar-refractivity contribution in [1.29, 1.82) is 0 Å². The lowest BCUT2D eigenvalue weighted by Gasteiger charge is -2.14. The molecule has 0 aliphatic heterocycles. The van der Waals surface area contributed by atoms with E-state index in [0.29, 0.717) is 30.5 Å². The Hall–Kier alpha value is -1.71. The van der Waals surface area contributed by atoms with Gasteiger partial charge >= 0.3 is 0 Å². The molecule has 0 heterocycles. The summed E-state index contributed by atoms with van der Waals surface area (Å²) in [6.07, 6.45) is 2.02. The molecule has 0 saturated heterocycles. The van der Waals surface area contributed by atoms with Crippen molar-refractivity contribution in [3.63, 3.8) is 0 Å². The molecule has 0 spiro atoms. The fourth-order valence-corrected chi connectivity index (χ4v) is 2.19. The molecule has 7 nitrogen and oxygen atoms in total. The number of amides is 1. The molecule has 8 heteroatoms. The van der Waals surface area contributed by atoms with Crippen LogP contribution in [0.1, 0.15) is 19.8 Å². The predicted octanol–water partition coefficient (Wildman–Crippen LogP) is 2.23. The number of hydrogen-bond donors (Lipinski definition) is 3. The van der Waals surface area contributed by atoms with Gasteiger partial charge < -0.3 is 25.4 Å². The molecule has 2 rings (SSSR count). The molecule has 0 radical (unpaired) electrons. The number of carbonyl (C=O) groups excluding carboxylic acids is 1. The van der Waals surface area contributed by atoms with Gasteiger partial charge in [0.05, 0.1) is 20.8 Å². The van der Waals surface area contributed by atoms with Crippen LogP contribution in [-0.4, -0.2) is 45.7 Å². The van der Waals surface area contributed by atoms with E-state index in [2.05, 4.69) is 20.9 Å². The molecule has 1 aliphatic carbocycles. The first-order valence-corrected chi connectivity index (χ1v) is 8.23. The minimum absolute atomic E-state index is 0. The number of methoxy groups -OCH3 is 2. The average Bonchev–Trinajstić information content (AvgIpc) is 3.43. The highest BCUT2D eigenvalue weighted by molar-refractivity contribution is 14.0. The highest BCUT2D eigenvalue weighted by Crippen LogP contribution is 2.29. The van der Waals surface area contributed by atoms with Gasteiger partial charge in [-0.25, -0.2) is 0 Å². The molecule has 1 saturated carbocycles. The zero-order chi connectivity index (χ0) is 17.4. The highest BCUT2D eigenvalue weighted by atomic mass is 127. The van der Waals surface area contributed by atoms with Crippen molar-refractivity contribution >= 4 is 41.5 Å². The molecule has 1 aromatic rings. The monoisotopic (exact) mass is 462 g/mol. The number of rotatable bonds is 8. The van der Waals surface area contributed by atoms with Crippen LogP contribution in [0.4, 0.5) is 5.69 Å². The van der Waals surface area contributed by atoms with Crippen LogP contribution in [0.25, 0.3) is 0 Å². The summed E-state index contributed by atoms with van der Waals surface area (Å²) in [5, 5.41) is 9.30. The van der Waals surface area contributed by atoms with Crippen molar-refractivity contribution in [2.75, 3.05) is 39.2 Å². The molecule has 25 heavy (non-hydrogen) atoms. The van der Waals surface area contributed by atoms with E-state index < -0.39 is 0 Å². The Morgan fingerprint density at radius 2 is 1.92 bits per heavy atom. The van der Waals surface area contributed by atoms with Crippen molar-refractivity contribution in [2.45, 2.75) is 19.8 Å². The molecule has 3 N–H and O–H groups in total. The second-order valence-corrected chi connectivity index (χ2v) is 5.52. The third-order valence-corrected chi connectivity index (χ3v) is 3.62. The summed E-state index contributed by atoms with van der Waals surface area (Å²) < 4.78 is 10.5. The standard InChI is InChI=1S/C17H26N4O3.HI/c1-4-18-17(20-10-9-19-16(22)12-5-6-12)21-13-7-8-14(23-2)15(11-13)24-3;/h7-8,11-12H,4-6,9-10H2,1-3H3,(H,19,22)(H2,18,20,21);1H. The smallest absolute Gasteiger partial charge is 0.223 e. The van der Waals surface area contributed by atoms with Crippen LogP contribution in [-0.2, 0) is 4.79 Å². The number of anilines is 1. The van der Waals surface area contributed by atoms with Crippen molar-refractivity contribution in [2.24, 2.45) is 10.9 Å². The summed E-state index contributed by atoms with van der Waals surface area (Å²) >= 11 is 0. The predicted molar refractivity (Wildman–Crippen MR) is 110 cm³/mol. The maximum absolute atomic E-state index is 11.6. The molecule has 140 valence electrons. The van der Waals surface area contributed by atoms with Gasteiger partial charge in [-0.15, -0.1) is 24.0 Å². The Morgan fingerprint density at radius 1 is 1.20 bits per heavy atom. The molecule has 0 bridgehead atoms. The second-order valence-electron chi connectivity index (χ2n) is 5.52. The quantitative estimate of drug-likeness (QED) is 0.239. The zero-order valence-corrected chi connectivity index (χ0v) is 17.3. The van der Waals surface area contributed by atoms with E-state index in [0.717, 1.165) is 25.1 Å². The first-order chi connectivity index (χ1) is 11.7. The number of guanidine groups is 1. The van der Waals surface area contributed by atoms with Gasteiger partial charge in [0.15, 0.2) is 17.5 Å². The molecule has 0 atom stereocenters. The maximum atomic E-state index is 11.6. The van der Waals surface area contributed by atoms with E-state index in [9.17, 15) is 4.79 Å². The molecule has 1 aromatic carbocycles. The third kappa shape index (κ3) is 6.97. The van der Waals surface area contributed by atoms with Gasteiger partial charge in [-0.05, 0) is 31.9 Å². The largest absolute Gasteiger partial charge is 0.493 e. The van der Waals surface area contributed by atoms with Crippen LogP contribution in [0.3, 0.4) is 0 Å². The van der Waals surface area contributed by atoms with E-state index in [4.69, 9.17) is 9.47 Å². The minimum atomic E-state index is 0. The molecule has 1 aliphatic rings. The average molecular weight is 462 g/mol. The van der Waals surface area contributed by atoms with Crippen LogP contribution in [0.15, 0.2) is 23.2 Å². The number of nitrogens with one attached hydrogen (secondary N) is 3.